The summed E-state index contributed by atoms with van der Waals surface area (Å²) >= 11 is 0. The molecule has 1 nitrogen and oxygen atoms in total. The van der Waals surface area contributed by atoms with E-state index in [2.05, 4.69) is 4.98 Å². The molecule has 1 heterocycles. The molecule has 0 N–H and O–H groups in total. The number of aromatic nitrogens is 1. The lowest BCUT2D eigenvalue weighted by Gasteiger charge is -2.07. The Labute approximate surface area is 74.4 Å². The summed E-state index contributed by atoms with van der Waals surface area (Å²) < 4.78 is 72.2. The topological polar surface area (TPSA) is 12.9 Å². The van der Waals surface area contributed by atoms with Gasteiger partial charge in [-0.15, -0.1) is 0 Å². The van der Waals surface area contributed by atoms with Crippen LogP contribution in [0.5, 0.6) is 0 Å². The van der Waals surface area contributed by atoms with Crippen molar-refractivity contribution in [1.29, 1.82) is 0 Å². The Kier molecular flexibility index (Phi) is 2.68. The molecule has 0 saturated heterocycles. The van der Waals surface area contributed by atoms with Gasteiger partial charge in [0, 0.05) is 0 Å². The van der Waals surface area contributed by atoms with Gasteiger partial charge in [-0.2, -0.15) is 13.2 Å². The van der Waals surface area contributed by atoms with Crippen molar-refractivity contribution in [2.75, 3.05) is 0 Å². The molecule has 0 unspecified atom stereocenters. The average molecular weight is 215 g/mol. The largest absolute Gasteiger partial charge is 0.433 e. The molecular weight excluding hydrogens is 212 g/mol. The molecule has 1 aromatic rings. The van der Waals surface area contributed by atoms with E-state index in [1.165, 1.54) is 0 Å². The summed E-state index contributed by atoms with van der Waals surface area (Å²) in [6, 6.07) is 0.624. The van der Waals surface area contributed by atoms with Crippen LogP contribution >= 0.6 is 0 Å². The molecule has 0 amide bonds. The van der Waals surface area contributed by atoms with Gasteiger partial charge in [-0.1, -0.05) is 0 Å². The highest BCUT2D eigenvalue weighted by molar-refractivity contribution is 5.16. The summed E-state index contributed by atoms with van der Waals surface area (Å²) in [6.07, 6.45) is -8.21. The number of rotatable bonds is 1. The Morgan fingerprint density at radius 3 is 2.14 bits per heavy atom. The van der Waals surface area contributed by atoms with Gasteiger partial charge in [0.15, 0.2) is 5.82 Å². The first-order valence-corrected chi connectivity index (χ1v) is 3.34. The fraction of sp³-hybridized carbons (Fsp3) is 0.286. The first-order valence-electron chi connectivity index (χ1n) is 3.34. The maximum Gasteiger partial charge on any atom is 0.433 e. The summed E-state index contributed by atoms with van der Waals surface area (Å²) in [4.78, 5) is 2.49. The van der Waals surface area contributed by atoms with E-state index < -0.39 is 29.8 Å². The van der Waals surface area contributed by atoms with Crippen LogP contribution in [0, 0.1) is 5.82 Å². The zero-order valence-electron chi connectivity index (χ0n) is 6.45. The summed E-state index contributed by atoms with van der Waals surface area (Å²) in [5, 5.41) is 0. The molecule has 0 spiro atoms. The predicted octanol–water partition coefficient (Wildman–Crippen LogP) is 3.18. The van der Waals surface area contributed by atoms with Crippen LogP contribution < -0.4 is 0 Å². The van der Waals surface area contributed by atoms with Gasteiger partial charge in [0.1, 0.15) is 11.4 Å². The normalized spacial score (nSPS) is 12.2. The van der Waals surface area contributed by atoms with Crippen LogP contribution in [-0.2, 0) is 6.18 Å². The predicted molar refractivity (Wildman–Crippen MR) is 34.2 cm³/mol. The molecule has 7 heteroatoms. The highest BCUT2D eigenvalue weighted by Crippen LogP contribution is 2.30. The zero-order valence-corrected chi connectivity index (χ0v) is 6.45. The van der Waals surface area contributed by atoms with Crippen molar-refractivity contribution >= 4 is 0 Å². The molecule has 0 aliphatic rings. The maximum atomic E-state index is 12.5. The summed E-state index contributed by atoms with van der Waals surface area (Å²) in [7, 11) is 0. The highest BCUT2D eigenvalue weighted by atomic mass is 19.4. The molecule has 78 valence electrons. The van der Waals surface area contributed by atoms with E-state index in [4.69, 9.17) is 0 Å². The molecule has 1 rings (SSSR count). The van der Waals surface area contributed by atoms with Gasteiger partial charge >= 0.3 is 6.18 Å². The van der Waals surface area contributed by atoms with Crippen LogP contribution in [0.2, 0.25) is 0 Å². The molecule has 1 aromatic heterocycles. The first kappa shape index (κ1) is 10.8. The van der Waals surface area contributed by atoms with E-state index in [-0.39, 0.29) is 0 Å². The molecule has 0 radical (unpaired) electrons. The van der Waals surface area contributed by atoms with E-state index in [9.17, 15) is 26.3 Å². The Morgan fingerprint density at radius 2 is 1.71 bits per heavy atom. The van der Waals surface area contributed by atoms with E-state index in [1.54, 1.807) is 0 Å². The fourth-order valence-corrected chi connectivity index (χ4v) is 0.769. The second-order valence-corrected chi connectivity index (χ2v) is 2.36. The monoisotopic (exact) mass is 215 g/mol. The van der Waals surface area contributed by atoms with Crippen LogP contribution in [0.15, 0.2) is 12.1 Å². The third-order valence-corrected chi connectivity index (χ3v) is 1.37. The quantitative estimate of drug-likeness (QED) is 0.655. The lowest BCUT2D eigenvalue weighted by molar-refractivity contribution is -0.141. The van der Waals surface area contributed by atoms with Gasteiger partial charge in [-0.25, -0.2) is 18.2 Å². The van der Waals surface area contributed by atoms with Crippen molar-refractivity contribution in [2.45, 2.75) is 12.6 Å². The van der Waals surface area contributed by atoms with Gasteiger partial charge in [0.2, 0.25) is 0 Å². The van der Waals surface area contributed by atoms with Crippen molar-refractivity contribution in [3.8, 4) is 0 Å². The van der Waals surface area contributed by atoms with Gasteiger partial charge in [0.25, 0.3) is 6.43 Å². The van der Waals surface area contributed by atoms with E-state index in [0.29, 0.717) is 12.1 Å². The number of pyridine rings is 1. The van der Waals surface area contributed by atoms with Crippen LogP contribution in [0.25, 0.3) is 0 Å². The molecule has 0 aromatic carbocycles. The number of alkyl halides is 5. The molecule has 0 saturated carbocycles. The van der Waals surface area contributed by atoms with E-state index in [1.807, 2.05) is 0 Å². The van der Waals surface area contributed by atoms with Crippen molar-refractivity contribution in [1.82, 2.24) is 4.98 Å². The standard InChI is InChI=1S/C7H3F6N/c8-3-1-2-4(7(11,12)13)14-5(3)6(9)10/h1-2,6H. The molecule has 0 bridgehead atoms. The minimum atomic E-state index is -4.85. The first-order chi connectivity index (χ1) is 6.32. The molecule has 0 atom stereocenters. The minimum absolute atomic E-state index is 0.307. The van der Waals surface area contributed by atoms with Crippen LogP contribution in [0.4, 0.5) is 26.3 Å². The maximum absolute atomic E-state index is 12.5. The fourth-order valence-electron chi connectivity index (χ4n) is 0.769. The smallest absolute Gasteiger partial charge is 0.239 e. The van der Waals surface area contributed by atoms with Gasteiger partial charge < -0.3 is 0 Å². The molecule has 0 aliphatic heterocycles. The van der Waals surface area contributed by atoms with Gasteiger partial charge in [-0.05, 0) is 12.1 Å². The van der Waals surface area contributed by atoms with E-state index >= 15 is 0 Å². The molecule has 0 fully saturated rings. The molecule has 14 heavy (non-hydrogen) atoms. The minimum Gasteiger partial charge on any atom is -0.239 e. The Balaban J connectivity index is 3.20. The van der Waals surface area contributed by atoms with Crippen molar-refractivity contribution < 1.29 is 26.3 Å². The molecular formula is C7H3F6N. The van der Waals surface area contributed by atoms with Crippen molar-refractivity contribution in [3.05, 3.63) is 29.3 Å². The Morgan fingerprint density at radius 1 is 1.14 bits per heavy atom. The average Bonchev–Trinajstić information content (AvgIpc) is 2.02. The van der Waals surface area contributed by atoms with Crippen LogP contribution in [-0.4, -0.2) is 4.98 Å². The van der Waals surface area contributed by atoms with E-state index in [0.717, 1.165) is 0 Å². The van der Waals surface area contributed by atoms with Gasteiger partial charge in [-0.3, -0.25) is 0 Å². The number of hydrogen-bond acceptors (Lipinski definition) is 1. The van der Waals surface area contributed by atoms with Crippen LogP contribution in [0.1, 0.15) is 17.8 Å². The number of hydrogen-bond donors (Lipinski definition) is 0. The van der Waals surface area contributed by atoms with Gasteiger partial charge in [0.05, 0.1) is 0 Å². The summed E-state index contributed by atoms with van der Waals surface area (Å²) in [5.74, 6) is -1.45. The zero-order chi connectivity index (χ0) is 10.9. The second kappa shape index (κ2) is 3.47. The number of halogens is 6. The third kappa shape index (κ3) is 2.15. The van der Waals surface area contributed by atoms with Crippen LogP contribution in [0.3, 0.4) is 0 Å². The van der Waals surface area contributed by atoms with Crippen molar-refractivity contribution in [3.63, 3.8) is 0 Å². The lowest BCUT2D eigenvalue weighted by atomic mass is 10.3. The number of nitrogens with zero attached hydrogens (tertiary/aromatic N) is 1. The second-order valence-electron chi connectivity index (χ2n) is 2.36. The SMILES string of the molecule is Fc1ccc(C(F)(F)F)nc1C(F)F. The summed E-state index contributed by atoms with van der Waals surface area (Å²) in [5.41, 5.74) is -3.02. The Hall–Kier alpha value is -1.27. The third-order valence-electron chi connectivity index (χ3n) is 1.37. The molecule has 0 aliphatic carbocycles. The highest BCUT2D eigenvalue weighted by Gasteiger charge is 2.34. The Bertz CT molecular complexity index is 331. The summed E-state index contributed by atoms with van der Waals surface area (Å²) in [6.45, 7) is 0. The van der Waals surface area contributed by atoms with Crippen molar-refractivity contribution in [2.24, 2.45) is 0 Å². The lowest BCUT2D eigenvalue weighted by Crippen LogP contribution is -2.10.